The van der Waals surface area contributed by atoms with Crippen LogP contribution in [-0.2, 0) is 12.7 Å². The molecule has 0 aromatic rings. The molecule has 2 N–H and O–H groups in total. The summed E-state index contributed by atoms with van der Waals surface area (Å²) >= 11 is 0.569. The molecule has 1 fully saturated rings. The van der Waals surface area contributed by atoms with Crippen LogP contribution in [-0.4, -0.2) is 12.1 Å². The van der Waals surface area contributed by atoms with Crippen LogP contribution in [0.25, 0.3) is 11.5 Å². The van der Waals surface area contributed by atoms with Crippen molar-refractivity contribution >= 4 is 20.4 Å². The second-order valence-electron chi connectivity index (χ2n) is 2.54. The fraction of sp³-hybridized carbons (Fsp3) is 1.00. The van der Waals surface area contributed by atoms with Crippen LogP contribution in [0.3, 0.4) is 0 Å². The standard InChI is InChI=1S/C6H12N2.2ClH.Ni/c7-5-3-1-2-4-6(5)8;;;/h5-8H,1-4H2;2*1H;/q-2;;;+4/p-2. The summed E-state index contributed by atoms with van der Waals surface area (Å²) in [5.74, 6) is 0. The number of hydrogen-bond acceptors (Lipinski definition) is 0. The van der Waals surface area contributed by atoms with Crippen LogP contribution in [0, 0.1) is 0 Å². The molecule has 0 radical (unpaired) electrons. The van der Waals surface area contributed by atoms with Crippen LogP contribution in [0.2, 0.25) is 0 Å². The van der Waals surface area contributed by atoms with Gasteiger partial charge < -0.3 is 11.5 Å². The molecule has 0 spiro atoms. The molecule has 0 heterocycles. The van der Waals surface area contributed by atoms with Gasteiger partial charge in [0.1, 0.15) is 0 Å². The van der Waals surface area contributed by atoms with E-state index in [-0.39, 0.29) is 12.1 Å². The van der Waals surface area contributed by atoms with Crippen molar-refractivity contribution in [3.63, 3.8) is 0 Å². The number of halogens is 2. The third kappa shape index (κ3) is 6.18. The van der Waals surface area contributed by atoms with E-state index in [1.165, 1.54) is 12.8 Å². The third-order valence-corrected chi connectivity index (χ3v) is 1.77. The first-order chi connectivity index (χ1) is 5.22. The molecule has 1 saturated carbocycles. The molecule has 0 bridgehead atoms. The van der Waals surface area contributed by atoms with Crippen molar-refractivity contribution in [2.24, 2.45) is 0 Å². The second-order valence-corrected chi connectivity index (χ2v) is 4.17. The molecule has 1 aliphatic carbocycles. The van der Waals surface area contributed by atoms with Crippen LogP contribution in [0.15, 0.2) is 0 Å². The Kier molecular flexibility index (Phi) is 8.32. The van der Waals surface area contributed by atoms with Gasteiger partial charge >= 0.3 is 33.0 Å². The summed E-state index contributed by atoms with van der Waals surface area (Å²) in [6.07, 6.45) is 4.25. The van der Waals surface area contributed by atoms with E-state index in [4.69, 9.17) is 31.9 Å². The molecule has 70 valence electrons. The van der Waals surface area contributed by atoms with Gasteiger partial charge in [-0.15, -0.1) is 0 Å². The van der Waals surface area contributed by atoms with E-state index in [1.54, 1.807) is 0 Å². The molecule has 0 aromatic carbocycles. The molecule has 1 rings (SSSR count). The minimum absolute atomic E-state index is 0.0799. The van der Waals surface area contributed by atoms with Crippen LogP contribution < -0.4 is 0 Å². The third-order valence-electron chi connectivity index (χ3n) is 1.77. The Bertz CT molecular complexity index is 84.7. The average Bonchev–Trinajstić information content (AvgIpc) is 1.97. The fourth-order valence-electron chi connectivity index (χ4n) is 1.13. The van der Waals surface area contributed by atoms with E-state index >= 15 is 0 Å². The molecule has 2 unspecified atom stereocenters. The SMILES string of the molecule is [Cl][Ni+2][Cl].[NH-]C1CCCCC1[NH-]. The van der Waals surface area contributed by atoms with Crippen LogP contribution in [0.4, 0.5) is 0 Å². The van der Waals surface area contributed by atoms with Crippen molar-refractivity contribution in [2.75, 3.05) is 0 Å². The van der Waals surface area contributed by atoms with E-state index in [2.05, 4.69) is 0 Å². The maximum Gasteiger partial charge on any atom is -0.0548 e. The first kappa shape index (κ1) is 12.0. The van der Waals surface area contributed by atoms with Crippen molar-refractivity contribution in [2.45, 2.75) is 37.8 Å². The van der Waals surface area contributed by atoms with E-state index in [0.29, 0.717) is 12.7 Å². The quantitative estimate of drug-likeness (QED) is 0.580. The van der Waals surface area contributed by atoms with E-state index in [0.717, 1.165) is 12.8 Å². The Morgan fingerprint density at radius 2 is 1.27 bits per heavy atom. The molecular weight excluding hydrogens is 230 g/mol. The first-order valence-corrected chi connectivity index (χ1v) is 6.18. The Hall–Kier alpha value is 0.994. The average molecular weight is 242 g/mol. The van der Waals surface area contributed by atoms with Gasteiger partial charge in [0.25, 0.3) is 0 Å². The van der Waals surface area contributed by atoms with Crippen molar-refractivity contribution in [3.8, 4) is 0 Å². The van der Waals surface area contributed by atoms with E-state index in [9.17, 15) is 0 Å². The van der Waals surface area contributed by atoms with Gasteiger partial charge in [-0.25, -0.2) is 0 Å². The summed E-state index contributed by atoms with van der Waals surface area (Å²) < 4.78 is 0. The normalized spacial score (nSPS) is 30.9. The molecule has 11 heavy (non-hydrogen) atoms. The molecular formula is C6H12Cl2N2Ni. The molecule has 5 heteroatoms. The van der Waals surface area contributed by atoms with Gasteiger partial charge in [0.15, 0.2) is 0 Å². The minimum Gasteiger partial charge on any atom is -0.676 e. The second kappa shape index (κ2) is 7.63. The van der Waals surface area contributed by atoms with Gasteiger partial charge in [-0.2, -0.15) is 12.1 Å². The molecule has 0 aromatic heterocycles. The summed E-state index contributed by atoms with van der Waals surface area (Å²) in [4.78, 5) is 0. The monoisotopic (exact) mass is 240 g/mol. The zero-order chi connectivity index (χ0) is 8.69. The van der Waals surface area contributed by atoms with Crippen LogP contribution in [0.5, 0.6) is 0 Å². The van der Waals surface area contributed by atoms with Gasteiger partial charge in [-0.05, 0) is 0 Å². The summed E-state index contributed by atoms with van der Waals surface area (Å²) in [6, 6.07) is -0.160. The summed E-state index contributed by atoms with van der Waals surface area (Å²) in [7, 11) is 9.40. The molecule has 0 saturated heterocycles. The summed E-state index contributed by atoms with van der Waals surface area (Å²) in [5, 5.41) is 0. The number of rotatable bonds is 0. The zero-order valence-electron chi connectivity index (χ0n) is 6.06. The Morgan fingerprint density at radius 3 is 1.45 bits per heavy atom. The van der Waals surface area contributed by atoms with Gasteiger partial charge in [0, 0.05) is 0 Å². The number of hydrogen-bond donors (Lipinski definition) is 0. The maximum atomic E-state index is 7.29. The Labute approximate surface area is 82.3 Å². The maximum absolute atomic E-state index is 7.29. The van der Waals surface area contributed by atoms with Gasteiger partial charge in [0.2, 0.25) is 0 Å². The van der Waals surface area contributed by atoms with Crippen molar-refractivity contribution in [3.05, 3.63) is 11.5 Å². The van der Waals surface area contributed by atoms with Gasteiger partial charge in [0.05, 0.1) is 0 Å². The largest absolute Gasteiger partial charge is 0.676 e. The Morgan fingerprint density at radius 1 is 1.00 bits per heavy atom. The predicted molar refractivity (Wildman–Crippen MR) is 46.4 cm³/mol. The number of nitrogens with one attached hydrogen (secondary N) is 2. The van der Waals surface area contributed by atoms with Crippen molar-refractivity contribution in [1.29, 1.82) is 0 Å². The first-order valence-electron chi connectivity index (χ1n) is 3.47. The minimum atomic E-state index is -0.0799. The molecule has 1 aliphatic rings. The van der Waals surface area contributed by atoms with E-state index < -0.39 is 0 Å². The van der Waals surface area contributed by atoms with Gasteiger partial charge in [-0.1, -0.05) is 25.7 Å². The predicted octanol–water partition coefficient (Wildman–Crippen LogP) is 3.78. The van der Waals surface area contributed by atoms with Gasteiger partial charge in [-0.3, -0.25) is 0 Å². The summed E-state index contributed by atoms with van der Waals surface area (Å²) in [5.41, 5.74) is 14.6. The van der Waals surface area contributed by atoms with Crippen LogP contribution >= 0.6 is 20.4 Å². The smallest absolute Gasteiger partial charge is 0.0548 e. The van der Waals surface area contributed by atoms with Crippen LogP contribution in [0.1, 0.15) is 25.7 Å². The van der Waals surface area contributed by atoms with Crippen molar-refractivity contribution < 1.29 is 12.7 Å². The molecule has 2 atom stereocenters. The molecule has 0 aliphatic heterocycles. The fourth-order valence-corrected chi connectivity index (χ4v) is 1.13. The summed E-state index contributed by atoms with van der Waals surface area (Å²) in [6.45, 7) is 0. The Balaban J connectivity index is 0.000000292. The molecule has 0 amide bonds. The van der Waals surface area contributed by atoms with E-state index in [1.807, 2.05) is 0 Å². The van der Waals surface area contributed by atoms with Crippen molar-refractivity contribution in [1.82, 2.24) is 0 Å². The molecule has 2 nitrogen and oxygen atoms in total. The zero-order valence-corrected chi connectivity index (χ0v) is 8.55. The topological polar surface area (TPSA) is 47.6 Å².